The van der Waals surface area contributed by atoms with Crippen LogP contribution in [0.2, 0.25) is 0 Å². The lowest BCUT2D eigenvalue weighted by Gasteiger charge is -2.59. The first-order valence-corrected chi connectivity index (χ1v) is 10.8. The van der Waals surface area contributed by atoms with Gasteiger partial charge in [-0.05, 0) is 92.4 Å². The Bertz CT molecular complexity index is 693. The summed E-state index contributed by atoms with van der Waals surface area (Å²) in [5.74, 6) is 2.25. The van der Waals surface area contributed by atoms with E-state index < -0.39 is 0 Å². The lowest BCUT2D eigenvalue weighted by Crippen LogP contribution is -2.57. The minimum Gasteiger partial charge on any atom is -0.465 e. The number of amides is 2. The van der Waals surface area contributed by atoms with Crippen LogP contribution < -0.4 is 10.6 Å². The first-order valence-electron chi connectivity index (χ1n) is 10.8. The molecule has 28 heavy (non-hydrogen) atoms. The summed E-state index contributed by atoms with van der Waals surface area (Å²) in [7, 11) is 1.36. The summed E-state index contributed by atoms with van der Waals surface area (Å²) in [6.45, 7) is 2.21. The zero-order valence-corrected chi connectivity index (χ0v) is 17.0. The van der Waals surface area contributed by atoms with Crippen LogP contribution in [0.25, 0.3) is 0 Å². The SMILES string of the molecule is CCCC(NC(=O)Nc1ccc(C(=O)OC)cc1)C12CC3CC(CC(C3)C1)C2. The van der Waals surface area contributed by atoms with Crippen LogP contribution in [-0.2, 0) is 4.74 Å². The van der Waals surface area contributed by atoms with Crippen LogP contribution in [0.15, 0.2) is 24.3 Å². The van der Waals surface area contributed by atoms with Crippen molar-refractivity contribution in [3.8, 4) is 0 Å². The third-order valence-electron chi connectivity index (χ3n) is 7.27. The summed E-state index contributed by atoms with van der Waals surface area (Å²) in [6, 6.07) is 6.94. The zero-order valence-electron chi connectivity index (χ0n) is 17.0. The molecular formula is C23H32N2O3. The molecule has 0 heterocycles. The summed E-state index contributed by atoms with van der Waals surface area (Å²) >= 11 is 0. The van der Waals surface area contributed by atoms with Crippen molar-refractivity contribution in [1.29, 1.82) is 0 Å². The Morgan fingerprint density at radius 2 is 1.64 bits per heavy atom. The van der Waals surface area contributed by atoms with E-state index in [1.54, 1.807) is 24.3 Å². The monoisotopic (exact) mass is 384 g/mol. The van der Waals surface area contributed by atoms with E-state index >= 15 is 0 Å². The number of methoxy groups -OCH3 is 1. The maximum atomic E-state index is 12.8. The van der Waals surface area contributed by atoms with Gasteiger partial charge in [-0.2, -0.15) is 0 Å². The van der Waals surface area contributed by atoms with Gasteiger partial charge in [0.1, 0.15) is 0 Å². The van der Waals surface area contributed by atoms with Crippen molar-refractivity contribution in [3.63, 3.8) is 0 Å². The average molecular weight is 385 g/mol. The highest BCUT2D eigenvalue weighted by Gasteiger charge is 2.54. The standard InChI is InChI=1S/C23H32N2O3/c1-3-4-20(23-12-15-9-16(13-23)11-17(10-15)14-23)25-22(27)24-19-7-5-18(6-8-19)21(26)28-2/h5-8,15-17,20H,3-4,9-14H2,1-2H3,(H2,24,25,27). The van der Waals surface area contributed by atoms with E-state index in [2.05, 4.69) is 17.6 Å². The van der Waals surface area contributed by atoms with Gasteiger partial charge in [-0.25, -0.2) is 9.59 Å². The fourth-order valence-electron chi connectivity index (χ4n) is 6.56. The third kappa shape index (κ3) is 3.76. The van der Waals surface area contributed by atoms with E-state index in [-0.39, 0.29) is 18.0 Å². The topological polar surface area (TPSA) is 67.4 Å². The van der Waals surface area contributed by atoms with Gasteiger partial charge >= 0.3 is 12.0 Å². The van der Waals surface area contributed by atoms with Gasteiger partial charge in [0, 0.05) is 11.7 Å². The van der Waals surface area contributed by atoms with Crippen LogP contribution in [0.1, 0.15) is 68.6 Å². The summed E-state index contributed by atoms with van der Waals surface area (Å²) in [6.07, 6.45) is 10.2. The number of urea groups is 1. The number of carbonyl (C=O) groups is 2. The molecule has 2 N–H and O–H groups in total. The number of esters is 1. The molecule has 5 rings (SSSR count). The van der Waals surface area contributed by atoms with Crippen molar-refractivity contribution in [2.24, 2.45) is 23.2 Å². The van der Waals surface area contributed by atoms with Gasteiger partial charge in [0.2, 0.25) is 0 Å². The Morgan fingerprint density at radius 3 is 2.14 bits per heavy atom. The first kappa shape index (κ1) is 19.3. The molecule has 4 fully saturated rings. The second-order valence-electron chi connectivity index (χ2n) is 9.29. The quantitative estimate of drug-likeness (QED) is 0.680. The van der Waals surface area contributed by atoms with Gasteiger partial charge < -0.3 is 15.4 Å². The van der Waals surface area contributed by atoms with E-state index in [4.69, 9.17) is 4.74 Å². The molecule has 5 heteroatoms. The largest absolute Gasteiger partial charge is 0.465 e. The van der Waals surface area contributed by atoms with Crippen LogP contribution >= 0.6 is 0 Å². The smallest absolute Gasteiger partial charge is 0.337 e. The molecule has 152 valence electrons. The molecule has 0 aromatic heterocycles. The highest BCUT2D eigenvalue weighted by molar-refractivity contribution is 5.92. The molecule has 1 aromatic rings. The normalized spacial score (nSPS) is 31.3. The van der Waals surface area contributed by atoms with Crippen LogP contribution in [0.4, 0.5) is 10.5 Å². The van der Waals surface area contributed by atoms with E-state index in [1.807, 2.05) is 0 Å². The summed E-state index contributed by atoms with van der Waals surface area (Å²) in [4.78, 5) is 24.3. The molecule has 4 bridgehead atoms. The highest BCUT2D eigenvalue weighted by Crippen LogP contribution is 2.61. The van der Waals surface area contributed by atoms with Crippen LogP contribution in [0.3, 0.4) is 0 Å². The molecule has 1 atom stereocenters. The van der Waals surface area contributed by atoms with Gasteiger partial charge in [-0.3, -0.25) is 0 Å². The second-order valence-corrected chi connectivity index (χ2v) is 9.29. The number of nitrogens with one attached hydrogen (secondary N) is 2. The fraction of sp³-hybridized carbons (Fsp3) is 0.652. The molecule has 4 aliphatic rings. The molecule has 4 saturated carbocycles. The van der Waals surface area contributed by atoms with Crippen LogP contribution in [-0.4, -0.2) is 25.2 Å². The number of rotatable bonds is 6. The van der Waals surface area contributed by atoms with E-state index in [0.717, 1.165) is 30.6 Å². The molecule has 0 radical (unpaired) electrons. The Kier molecular flexibility index (Phi) is 5.35. The number of ether oxygens (including phenoxy) is 1. The summed E-state index contributed by atoms with van der Waals surface area (Å²) in [5.41, 5.74) is 1.47. The van der Waals surface area contributed by atoms with E-state index in [0.29, 0.717) is 16.7 Å². The Hall–Kier alpha value is -2.04. The van der Waals surface area contributed by atoms with Crippen molar-refractivity contribution < 1.29 is 14.3 Å². The van der Waals surface area contributed by atoms with Gasteiger partial charge in [0.15, 0.2) is 0 Å². The summed E-state index contributed by atoms with van der Waals surface area (Å²) in [5, 5.41) is 6.28. The number of benzene rings is 1. The van der Waals surface area contributed by atoms with Gasteiger partial charge in [-0.1, -0.05) is 13.3 Å². The lowest BCUT2D eigenvalue weighted by atomic mass is 9.47. The molecule has 1 unspecified atom stereocenters. The molecule has 0 spiro atoms. The molecule has 4 aliphatic carbocycles. The van der Waals surface area contributed by atoms with E-state index in [9.17, 15) is 9.59 Å². The zero-order chi connectivity index (χ0) is 19.7. The van der Waals surface area contributed by atoms with Crippen molar-refractivity contribution in [2.75, 3.05) is 12.4 Å². The lowest BCUT2D eigenvalue weighted by molar-refractivity contribution is -0.0727. The first-order chi connectivity index (χ1) is 13.5. The minimum absolute atomic E-state index is 0.139. The van der Waals surface area contributed by atoms with E-state index in [1.165, 1.54) is 45.6 Å². The molecule has 1 aromatic carbocycles. The minimum atomic E-state index is -0.374. The highest BCUT2D eigenvalue weighted by atomic mass is 16.5. The molecular weight excluding hydrogens is 352 g/mol. The Morgan fingerprint density at radius 1 is 1.07 bits per heavy atom. The van der Waals surface area contributed by atoms with Gasteiger partial charge in [0.25, 0.3) is 0 Å². The van der Waals surface area contributed by atoms with Crippen molar-refractivity contribution in [3.05, 3.63) is 29.8 Å². The predicted molar refractivity (Wildman–Crippen MR) is 109 cm³/mol. The van der Waals surface area contributed by atoms with Crippen LogP contribution in [0.5, 0.6) is 0 Å². The molecule has 0 saturated heterocycles. The average Bonchev–Trinajstić information content (AvgIpc) is 2.66. The Labute approximate surface area is 167 Å². The fourth-order valence-corrected chi connectivity index (χ4v) is 6.56. The van der Waals surface area contributed by atoms with Crippen molar-refractivity contribution >= 4 is 17.7 Å². The third-order valence-corrected chi connectivity index (χ3v) is 7.27. The second kappa shape index (κ2) is 7.76. The van der Waals surface area contributed by atoms with Crippen molar-refractivity contribution in [2.45, 2.75) is 64.3 Å². The molecule has 5 nitrogen and oxygen atoms in total. The maximum Gasteiger partial charge on any atom is 0.337 e. The Balaban J connectivity index is 1.42. The number of anilines is 1. The number of carbonyl (C=O) groups excluding carboxylic acids is 2. The van der Waals surface area contributed by atoms with Crippen LogP contribution in [0, 0.1) is 23.2 Å². The predicted octanol–water partition coefficient (Wildman–Crippen LogP) is 4.98. The summed E-state index contributed by atoms with van der Waals surface area (Å²) < 4.78 is 4.72. The van der Waals surface area contributed by atoms with Gasteiger partial charge in [-0.15, -0.1) is 0 Å². The van der Waals surface area contributed by atoms with Crippen molar-refractivity contribution in [1.82, 2.24) is 5.32 Å². The molecule has 2 amide bonds. The van der Waals surface area contributed by atoms with Gasteiger partial charge in [0.05, 0.1) is 12.7 Å². The number of hydrogen-bond acceptors (Lipinski definition) is 3. The number of hydrogen-bond donors (Lipinski definition) is 2. The maximum absolute atomic E-state index is 12.8. The molecule has 0 aliphatic heterocycles.